The Hall–Kier alpha value is -2.11. The highest BCUT2D eigenvalue weighted by Gasteiger charge is 2.26. The first kappa shape index (κ1) is 15.8. The molecule has 0 saturated heterocycles. The van der Waals surface area contributed by atoms with Crippen LogP contribution in [0.1, 0.15) is 12.0 Å². The van der Waals surface area contributed by atoms with Crippen LogP contribution in [0.25, 0.3) is 5.70 Å². The highest BCUT2D eigenvalue weighted by atomic mass is 35.5. The van der Waals surface area contributed by atoms with E-state index >= 15 is 0 Å². The van der Waals surface area contributed by atoms with Gasteiger partial charge in [0.05, 0.1) is 10.6 Å². The van der Waals surface area contributed by atoms with Crippen molar-refractivity contribution in [3.63, 3.8) is 0 Å². The van der Waals surface area contributed by atoms with Crippen molar-refractivity contribution in [2.24, 2.45) is 0 Å². The average molecular weight is 348 g/mol. The molecule has 0 unspecified atom stereocenters. The SMILES string of the molecule is CS(=O)(=O)c1ccc(C2=CCC(=O)N2c2ccc(Cl)cc2)cc1. The second kappa shape index (κ2) is 5.83. The molecule has 1 heterocycles. The number of rotatable bonds is 3. The lowest BCUT2D eigenvalue weighted by atomic mass is 10.1. The topological polar surface area (TPSA) is 54.5 Å². The normalized spacial score (nSPS) is 15.0. The molecule has 1 aliphatic rings. The molecule has 118 valence electrons. The quantitative estimate of drug-likeness (QED) is 0.853. The predicted octanol–water partition coefficient (Wildman–Crippen LogP) is 3.52. The molecule has 0 spiro atoms. The van der Waals surface area contributed by atoms with E-state index in [1.807, 2.05) is 6.08 Å². The zero-order valence-corrected chi connectivity index (χ0v) is 13.9. The molecule has 0 N–H and O–H groups in total. The molecule has 4 nitrogen and oxygen atoms in total. The van der Waals surface area contributed by atoms with E-state index in [0.717, 1.165) is 16.9 Å². The molecule has 0 aromatic heterocycles. The molecule has 1 amide bonds. The Labute approximate surface area is 139 Å². The van der Waals surface area contributed by atoms with Gasteiger partial charge < -0.3 is 0 Å². The van der Waals surface area contributed by atoms with Gasteiger partial charge in [0.15, 0.2) is 9.84 Å². The van der Waals surface area contributed by atoms with Crippen LogP contribution in [-0.2, 0) is 14.6 Å². The van der Waals surface area contributed by atoms with E-state index in [2.05, 4.69) is 0 Å². The molecule has 2 aromatic carbocycles. The van der Waals surface area contributed by atoms with Gasteiger partial charge in [-0.2, -0.15) is 0 Å². The summed E-state index contributed by atoms with van der Waals surface area (Å²) < 4.78 is 23.1. The number of anilines is 1. The lowest BCUT2D eigenvalue weighted by Gasteiger charge is -2.21. The first-order valence-corrected chi connectivity index (χ1v) is 9.22. The monoisotopic (exact) mass is 347 g/mol. The molecule has 0 fully saturated rings. The van der Waals surface area contributed by atoms with Gasteiger partial charge in [-0.1, -0.05) is 29.8 Å². The minimum absolute atomic E-state index is 0.0329. The lowest BCUT2D eigenvalue weighted by Crippen LogP contribution is -2.23. The van der Waals surface area contributed by atoms with Crippen molar-refractivity contribution < 1.29 is 13.2 Å². The number of carbonyl (C=O) groups excluding carboxylic acids is 1. The van der Waals surface area contributed by atoms with Crippen LogP contribution in [0.4, 0.5) is 5.69 Å². The Morgan fingerprint density at radius 3 is 2.17 bits per heavy atom. The summed E-state index contributed by atoms with van der Waals surface area (Å²) in [6.07, 6.45) is 3.32. The number of amides is 1. The van der Waals surface area contributed by atoms with Gasteiger partial charge in [0, 0.05) is 23.4 Å². The maximum Gasteiger partial charge on any atom is 0.235 e. The number of sulfone groups is 1. The second-order valence-electron chi connectivity index (χ2n) is 5.30. The first-order chi connectivity index (χ1) is 10.9. The molecule has 0 saturated carbocycles. The van der Waals surface area contributed by atoms with E-state index < -0.39 is 9.84 Å². The molecular weight excluding hydrogens is 334 g/mol. The summed E-state index contributed by atoms with van der Waals surface area (Å²) in [6, 6.07) is 13.5. The van der Waals surface area contributed by atoms with Crippen molar-refractivity contribution >= 4 is 38.7 Å². The molecular formula is C17H14ClNO3S. The van der Waals surface area contributed by atoms with E-state index in [-0.39, 0.29) is 10.8 Å². The Morgan fingerprint density at radius 2 is 1.61 bits per heavy atom. The van der Waals surface area contributed by atoms with Gasteiger partial charge in [0.25, 0.3) is 0 Å². The van der Waals surface area contributed by atoms with Gasteiger partial charge in [0.1, 0.15) is 0 Å². The Morgan fingerprint density at radius 1 is 1.00 bits per heavy atom. The zero-order chi connectivity index (χ0) is 16.6. The Bertz CT molecular complexity index is 884. The number of benzene rings is 2. The number of hydrogen-bond donors (Lipinski definition) is 0. The molecule has 2 aromatic rings. The maximum absolute atomic E-state index is 12.2. The largest absolute Gasteiger partial charge is 0.281 e. The number of nitrogens with zero attached hydrogens (tertiary/aromatic N) is 1. The van der Waals surface area contributed by atoms with Gasteiger partial charge in [0.2, 0.25) is 5.91 Å². The fraction of sp³-hybridized carbons (Fsp3) is 0.118. The molecule has 23 heavy (non-hydrogen) atoms. The smallest absolute Gasteiger partial charge is 0.235 e. The van der Waals surface area contributed by atoms with Gasteiger partial charge in [-0.15, -0.1) is 0 Å². The summed E-state index contributed by atoms with van der Waals surface area (Å²) in [7, 11) is -3.24. The fourth-order valence-electron chi connectivity index (χ4n) is 2.49. The highest BCUT2D eigenvalue weighted by Crippen LogP contribution is 2.33. The van der Waals surface area contributed by atoms with E-state index in [9.17, 15) is 13.2 Å². The molecule has 0 aliphatic carbocycles. The van der Waals surface area contributed by atoms with Crippen LogP contribution in [-0.4, -0.2) is 20.6 Å². The summed E-state index contributed by atoms with van der Waals surface area (Å²) in [5, 5.41) is 0.600. The summed E-state index contributed by atoms with van der Waals surface area (Å²) in [5.41, 5.74) is 2.27. The molecule has 0 radical (unpaired) electrons. The molecule has 0 bridgehead atoms. The first-order valence-electron chi connectivity index (χ1n) is 6.95. The van der Waals surface area contributed by atoms with Crippen molar-refractivity contribution in [3.05, 3.63) is 65.2 Å². The van der Waals surface area contributed by atoms with Crippen LogP contribution in [0, 0.1) is 0 Å². The summed E-state index contributed by atoms with van der Waals surface area (Å²) >= 11 is 5.89. The Balaban J connectivity index is 1.98. The van der Waals surface area contributed by atoms with Gasteiger partial charge in [-0.3, -0.25) is 9.69 Å². The lowest BCUT2D eigenvalue weighted by molar-refractivity contribution is -0.116. The number of halogens is 1. The van der Waals surface area contributed by atoms with Crippen LogP contribution < -0.4 is 4.90 Å². The highest BCUT2D eigenvalue weighted by molar-refractivity contribution is 7.90. The van der Waals surface area contributed by atoms with Crippen molar-refractivity contribution in [2.75, 3.05) is 11.2 Å². The van der Waals surface area contributed by atoms with Gasteiger partial charge in [-0.25, -0.2) is 8.42 Å². The third-order valence-electron chi connectivity index (χ3n) is 3.62. The van der Waals surface area contributed by atoms with Crippen molar-refractivity contribution in [3.8, 4) is 0 Å². The van der Waals surface area contributed by atoms with Crippen molar-refractivity contribution in [1.82, 2.24) is 0 Å². The van der Waals surface area contributed by atoms with Crippen LogP contribution in [0.3, 0.4) is 0 Å². The fourth-order valence-corrected chi connectivity index (χ4v) is 3.25. The third kappa shape index (κ3) is 3.16. The number of hydrogen-bond acceptors (Lipinski definition) is 3. The average Bonchev–Trinajstić information content (AvgIpc) is 2.89. The summed E-state index contributed by atoms with van der Waals surface area (Å²) in [4.78, 5) is 14.1. The van der Waals surface area contributed by atoms with E-state index in [1.165, 1.54) is 6.26 Å². The predicted molar refractivity (Wildman–Crippen MR) is 91.1 cm³/mol. The van der Waals surface area contributed by atoms with Gasteiger partial charge >= 0.3 is 0 Å². The molecule has 1 aliphatic heterocycles. The molecule has 6 heteroatoms. The maximum atomic E-state index is 12.2. The summed E-state index contributed by atoms with van der Waals surface area (Å²) in [6.45, 7) is 0. The Kier molecular flexibility index (Phi) is 4.00. The van der Waals surface area contributed by atoms with Crippen LogP contribution in [0.5, 0.6) is 0 Å². The van der Waals surface area contributed by atoms with E-state index in [0.29, 0.717) is 11.4 Å². The van der Waals surface area contributed by atoms with Crippen molar-refractivity contribution in [1.29, 1.82) is 0 Å². The summed E-state index contributed by atoms with van der Waals surface area (Å²) in [5.74, 6) is -0.0329. The standard InChI is InChI=1S/C17H14ClNO3S/c1-23(21,22)15-8-2-12(3-9-15)16-10-11-17(20)19(16)14-6-4-13(18)5-7-14/h2-10H,11H2,1H3. The van der Waals surface area contributed by atoms with Gasteiger partial charge in [-0.05, 0) is 42.0 Å². The van der Waals surface area contributed by atoms with Crippen LogP contribution in [0.2, 0.25) is 5.02 Å². The third-order valence-corrected chi connectivity index (χ3v) is 5.00. The molecule has 3 rings (SSSR count). The van der Waals surface area contributed by atoms with Crippen molar-refractivity contribution in [2.45, 2.75) is 11.3 Å². The molecule has 0 atom stereocenters. The van der Waals surface area contributed by atoms with E-state index in [4.69, 9.17) is 11.6 Å². The van der Waals surface area contributed by atoms with Crippen LogP contribution >= 0.6 is 11.6 Å². The van der Waals surface area contributed by atoms with E-state index in [1.54, 1.807) is 53.4 Å². The number of carbonyl (C=O) groups is 1. The zero-order valence-electron chi connectivity index (χ0n) is 12.4. The minimum atomic E-state index is -3.24. The second-order valence-corrected chi connectivity index (χ2v) is 7.75. The van der Waals surface area contributed by atoms with Crippen LogP contribution in [0.15, 0.2) is 59.5 Å². The minimum Gasteiger partial charge on any atom is -0.281 e.